The zero-order chi connectivity index (χ0) is 14.7. The minimum absolute atomic E-state index is 0.0344. The van der Waals surface area contributed by atoms with Crippen molar-refractivity contribution in [1.29, 1.82) is 0 Å². The van der Waals surface area contributed by atoms with Gasteiger partial charge in [0.05, 0.1) is 5.41 Å². The molecule has 2 aromatic rings. The Labute approximate surface area is 126 Å². The van der Waals surface area contributed by atoms with E-state index in [2.05, 4.69) is 47.2 Å². The van der Waals surface area contributed by atoms with Gasteiger partial charge in [-0.2, -0.15) is 0 Å². The summed E-state index contributed by atoms with van der Waals surface area (Å²) < 4.78 is 0. The maximum absolute atomic E-state index is 6.00. The number of rotatable bonds is 5. The van der Waals surface area contributed by atoms with Crippen LogP contribution in [-0.2, 0) is 11.8 Å². The molecule has 21 heavy (non-hydrogen) atoms. The van der Waals surface area contributed by atoms with Gasteiger partial charge < -0.3 is 5.73 Å². The van der Waals surface area contributed by atoms with Crippen LogP contribution in [0.15, 0.2) is 42.7 Å². The van der Waals surface area contributed by atoms with Crippen LogP contribution in [0.2, 0.25) is 0 Å². The van der Waals surface area contributed by atoms with Crippen LogP contribution in [-0.4, -0.2) is 16.0 Å². The first-order chi connectivity index (χ1) is 10.2. The van der Waals surface area contributed by atoms with Gasteiger partial charge in [0, 0.05) is 18.4 Å². The largest absolute Gasteiger partial charge is 0.327 e. The van der Waals surface area contributed by atoms with Crippen LogP contribution in [0.25, 0.3) is 0 Å². The summed E-state index contributed by atoms with van der Waals surface area (Å²) in [7, 11) is 0. The number of aromatic nitrogens is 2. The van der Waals surface area contributed by atoms with Crippen LogP contribution in [0.4, 0.5) is 0 Å². The minimum atomic E-state index is 0.0344. The molecular weight excluding hydrogens is 258 g/mol. The fraction of sp³-hybridized carbons (Fsp3) is 0.444. The van der Waals surface area contributed by atoms with Gasteiger partial charge in [0.2, 0.25) is 0 Å². The zero-order valence-corrected chi connectivity index (χ0v) is 12.6. The summed E-state index contributed by atoms with van der Waals surface area (Å²) in [6.07, 6.45) is 9.29. The van der Waals surface area contributed by atoms with Gasteiger partial charge in [0.25, 0.3) is 0 Å². The zero-order valence-electron chi connectivity index (χ0n) is 12.6. The molecule has 1 aromatic heterocycles. The first-order valence-electron chi connectivity index (χ1n) is 7.87. The van der Waals surface area contributed by atoms with E-state index in [0.29, 0.717) is 0 Å². The Bertz CT molecular complexity index is 573. The summed E-state index contributed by atoms with van der Waals surface area (Å²) in [5.74, 6) is 0.966. The molecule has 1 unspecified atom stereocenters. The standard InChI is InChI=1S/C18H23N3/c1-2-16(19)11-14-12-20-17(21-13-14)18(9-6-10-18)15-7-4-3-5-8-15/h3-5,7-8,12-13,16H,2,6,9-11,19H2,1H3. The summed E-state index contributed by atoms with van der Waals surface area (Å²) in [5, 5.41) is 0. The van der Waals surface area contributed by atoms with Crippen molar-refractivity contribution in [2.24, 2.45) is 5.73 Å². The van der Waals surface area contributed by atoms with Gasteiger partial charge in [0.1, 0.15) is 5.82 Å². The predicted octanol–water partition coefficient (Wildman–Crippen LogP) is 3.23. The summed E-state index contributed by atoms with van der Waals surface area (Å²) >= 11 is 0. The molecule has 1 atom stereocenters. The molecule has 0 saturated heterocycles. The van der Waals surface area contributed by atoms with Gasteiger partial charge in [-0.15, -0.1) is 0 Å². The van der Waals surface area contributed by atoms with Crippen molar-refractivity contribution < 1.29 is 0 Å². The van der Waals surface area contributed by atoms with Crippen LogP contribution in [0.1, 0.15) is 49.6 Å². The van der Waals surface area contributed by atoms with Crippen molar-refractivity contribution in [2.75, 3.05) is 0 Å². The van der Waals surface area contributed by atoms with E-state index in [1.807, 2.05) is 12.4 Å². The molecule has 3 nitrogen and oxygen atoms in total. The monoisotopic (exact) mass is 281 g/mol. The third-order valence-electron chi connectivity index (χ3n) is 4.69. The molecule has 2 N–H and O–H groups in total. The highest BCUT2D eigenvalue weighted by Gasteiger charge is 2.42. The lowest BCUT2D eigenvalue weighted by atomic mass is 9.64. The lowest BCUT2D eigenvalue weighted by Gasteiger charge is -2.41. The molecule has 3 heteroatoms. The maximum atomic E-state index is 6.00. The third-order valence-corrected chi connectivity index (χ3v) is 4.69. The van der Waals surface area contributed by atoms with E-state index in [1.54, 1.807) is 0 Å². The smallest absolute Gasteiger partial charge is 0.138 e. The number of nitrogens with zero attached hydrogens (tertiary/aromatic N) is 2. The van der Waals surface area contributed by atoms with Gasteiger partial charge in [-0.05, 0) is 36.8 Å². The number of hydrogen-bond donors (Lipinski definition) is 1. The Balaban J connectivity index is 1.85. The van der Waals surface area contributed by atoms with E-state index in [-0.39, 0.29) is 11.5 Å². The minimum Gasteiger partial charge on any atom is -0.327 e. The van der Waals surface area contributed by atoms with Crippen LogP contribution in [0.3, 0.4) is 0 Å². The Morgan fingerprint density at radius 3 is 2.33 bits per heavy atom. The fourth-order valence-corrected chi connectivity index (χ4v) is 3.08. The van der Waals surface area contributed by atoms with Crippen LogP contribution >= 0.6 is 0 Å². The van der Waals surface area contributed by atoms with E-state index in [1.165, 1.54) is 12.0 Å². The molecular formula is C18H23N3. The van der Waals surface area contributed by atoms with Gasteiger partial charge >= 0.3 is 0 Å². The normalized spacial score (nSPS) is 18.0. The molecule has 0 spiro atoms. The summed E-state index contributed by atoms with van der Waals surface area (Å²) in [5.41, 5.74) is 8.51. The quantitative estimate of drug-likeness (QED) is 0.915. The predicted molar refractivity (Wildman–Crippen MR) is 85.1 cm³/mol. The fourth-order valence-electron chi connectivity index (χ4n) is 3.08. The third kappa shape index (κ3) is 2.70. The lowest BCUT2D eigenvalue weighted by molar-refractivity contribution is 0.285. The van der Waals surface area contributed by atoms with Crippen molar-refractivity contribution in [3.05, 3.63) is 59.7 Å². The van der Waals surface area contributed by atoms with E-state index < -0.39 is 0 Å². The molecule has 0 radical (unpaired) electrons. The van der Waals surface area contributed by atoms with Crippen LogP contribution < -0.4 is 5.73 Å². The highest BCUT2D eigenvalue weighted by molar-refractivity contribution is 5.35. The van der Waals surface area contributed by atoms with Crippen molar-refractivity contribution >= 4 is 0 Å². The van der Waals surface area contributed by atoms with Crippen molar-refractivity contribution in [3.63, 3.8) is 0 Å². The lowest BCUT2D eigenvalue weighted by Crippen LogP contribution is -2.37. The molecule has 110 valence electrons. The first-order valence-corrected chi connectivity index (χ1v) is 7.87. The van der Waals surface area contributed by atoms with Crippen molar-refractivity contribution in [2.45, 2.75) is 50.5 Å². The molecule has 1 heterocycles. The molecule has 3 rings (SSSR count). The van der Waals surface area contributed by atoms with E-state index >= 15 is 0 Å². The van der Waals surface area contributed by atoms with E-state index in [4.69, 9.17) is 5.73 Å². The molecule has 1 aliphatic rings. The van der Waals surface area contributed by atoms with Gasteiger partial charge in [-0.1, -0.05) is 43.7 Å². The molecule has 1 aromatic carbocycles. The Morgan fingerprint density at radius 1 is 1.14 bits per heavy atom. The van der Waals surface area contributed by atoms with Gasteiger partial charge in [-0.25, -0.2) is 9.97 Å². The highest BCUT2D eigenvalue weighted by atomic mass is 14.9. The molecule has 0 bridgehead atoms. The maximum Gasteiger partial charge on any atom is 0.138 e. The molecule has 1 fully saturated rings. The van der Waals surface area contributed by atoms with Crippen LogP contribution in [0.5, 0.6) is 0 Å². The second-order valence-electron chi connectivity index (χ2n) is 6.09. The Hall–Kier alpha value is -1.74. The SMILES string of the molecule is CCC(N)Cc1cnc(C2(c3ccccc3)CCC2)nc1. The number of hydrogen-bond acceptors (Lipinski definition) is 3. The summed E-state index contributed by atoms with van der Waals surface area (Å²) in [6.45, 7) is 2.11. The second kappa shape index (κ2) is 5.94. The summed E-state index contributed by atoms with van der Waals surface area (Å²) in [6, 6.07) is 10.9. The van der Waals surface area contributed by atoms with Crippen LogP contribution in [0, 0.1) is 0 Å². The highest BCUT2D eigenvalue weighted by Crippen LogP contribution is 2.47. The molecule has 0 amide bonds. The van der Waals surface area contributed by atoms with Gasteiger partial charge in [0.15, 0.2) is 0 Å². The van der Waals surface area contributed by atoms with Gasteiger partial charge in [-0.3, -0.25) is 0 Å². The van der Waals surface area contributed by atoms with E-state index in [9.17, 15) is 0 Å². The van der Waals surface area contributed by atoms with E-state index in [0.717, 1.165) is 37.1 Å². The number of benzene rings is 1. The average Bonchev–Trinajstić information content (AvgIpc) is 2.49. The molecule has 1 aliphatic carbocycles. The topological polar surface area (TPSA) is 51.8 Å². The first kappa shape index (κ1) is 14.2. The molecule has 1 saturated carbocycles. The van der Waals surface area contributed by atoms with Crippen molar-refractivity contribution in [1.82, 2.24) is 9.97 Å². The second-order valence-corrected chi connectivity index (χ2v) is 6.09. The Morgan fingerprint density at radius 2 is 1.81 bits per heavy atom. The average molecular weight is 281 g/mol. The van der Waals surface area contributed by atoms with Crippen molar-refractivity contribution in [3.8, 4) is 0 Å². The number of nitrogens with two attached hydrogens (primary N) is 1. The Kier molecular flexibility index (Phi) is 4.02. The molecule has 0 aliphatic heterocycles. The summed E-state index contributed by atoms with van der Waals surface area (Å²) in [4.78, 5) is 9.34.